The third-order valence-electron chi connectivity index (χ3n) is 5.01. The van der Waals surface area contributed by atoms with E-state index in [4.69, 9.17) is 4.74 Å². The molecule has 28 heavy (non-hydrogen) atoms. The molecule has 0 N–H and O–H groups in total. The van der Waals surface area contributed by atoms with Crippen molar-refractivity contribution in [3.8, 4) is 5.75 Å². The van der Waals surface area contributed by atoms with Crippen LogP contribution in [-0.4, -0.2) is 24.8 Å². The standard InChI is InChI=1S/C24H21NO3/c1-17(26)20-12-13-22-21(16-20)25(14-15-28-22)24(27)23(18-8-4-2-5-9-18)19-10-6-3-7-11-19/h2-13,16,23H,14-15H2,1H3. The van der Waals surface area contributed by atoms with Crippen LogP contribution < -0.4 is 9.64 Å². The second-order valence-electron chi connectivity index (χ2n) is 6.83. The number of fused-ring (bicyclic) bond motifs is 1. The molecule has 1 amide bonds. The van der Waals surface area contributed by atoms with Crippen LogP contribution in [0, 0.1) is 0 Å². The summed E-state index contributed by atoms with van der Waals surface area (Å²) in [5, 5.41) is 0. The van der Waals surface area contributed by atoms with Gasteiger partial charge in [0.05, 0.1) is 18.2 Å². The molecule has 0 fully saturated rings. The van der Waals surface area contributed by atoms with Crippen molar-refractivity contribution in [1.29, 1.82) is 0 Å². The first kappa shape index (κ1) is 18.0. The summed E-state index contributed by atoms with van der Waals surface area (Å²) in [6.07, 6.45) is 0. The van der Waals surface area contributed by atoms with Crippen LogP contribution in [0.25, 0.3) is 0 Å². The molecule has 4 nitrogen and oxygen atoms in total. The summed E-state index contributed by atoms with van der Waals surface area (Å²) in [4.78, 5) is 27.3. The van der Waals surface area contributed by atoms with Gasteiger partial charge in [-0.15, -0.1) is 0 Å². The van der Waals surface area contributed by atoms with Crippen LogP contribution >= 0.6 is 0 Å². The predicted molar refractivity (Wildman–Crippen MR) is 109 cm³/mol. The van der Waals surface area contributed by atoms with E-state index in [0.29, 0.717) is 30.2 Å². The van der Waals surface area contributed by atoms with E-state index in [1.165, 1.54) is 6.92 Å². The van der Waals surface area contributed by atoms with E-state index < -0.39 is 5.92 Å². The highest BCUT2D eigenvalue weighted by Gasteiger charge is 2.32. The SMILES string of the molecule is CC(=O)c1ccc2c(c1)N(C(=O)C(c1ccccc1)c1ccccc1)CCO2. The van der Waals surface area contributed by atoms with Crippen LogP contribution in [0.5, 0.6) is 5.75 Å². The zero-order valence-electron chi connectivity index (χ0n) is 15.7. The van der Waals surface area contributed by atoms with Crippen LogP contribution in [-0.2, 0) is 4.79 Å². The largest absolute Gasteiger partial charge is 0.490 e. The Hall–Kier alpha value is -3.40. The summed E-state index contributed by atoms with van der Waals surface area (Å²) < 4.78 is 5.72. The van der Waals surface area contributed by atoms with Crippen LogP contribution in [0.4, 0.5) is 5.69 Å². The van der Waals surface area contributed by atoms with E-state index in [0.717, 1.165) is 11.1 Å². The Kier molecular flexibility index (Phi) is 4.94. The number of carbonyl (C=O) groups excluding carboxylic acids is 2. The maximum atomic E-state index is 13.7. The molecule has 140 valence electrons. The molecule has 0 radical (unpaired) electrons. The first-order chi connectivity index (χ1) is 13.6. The summed E-state index contributed by atoms with van der Waals surface area (Å²) in [6.45, 7) is 2.39. The number of ether oxygens (including phenoxy) is 1. The molecule has 0 unspecified atom stereocenters. The van der Waals surface area contributed by atoms with Crippen molar-refractivity contribution in [2.75, 3.05) is 18.1 Å². The van der Waals surface area contributed by atoms with E-state index in [-0.39, 0.29) is 11.7 Å². The third-order valence-corrected chi connectivity index (χ3v) is 5.01. The van der Waals surface area contributed by atoms with Gasteiger partial charge < -0.3 is 9.64 Å². The Labute approximate surface area is 164 Å². The second kappa shape index (κ2) is 7.69. The lowest BCUT2D eigenvalue weighted by molar-refractivity contribution is -0.119. The molecule has 0 spiro atoms. The summed E-state index contributed by atoms with van der Waals surface area (Å²) >= 11 is 0. The zero-order chi connectivity index (χ0) is 19.5. The molecular formula is C24H21NO3. The number of Topliss-reactive ketones (excluding diaryl/α,β-unsaturated/α-hetero) is 1. The molecule has 0 aromatic heterocycles. The molecule has 0 bridgehead atoms. The molecule has 0 saturated carbocycles. The predicted octanol–water partition coefficient (Wildman–Crippen LogP) is 4.45. The average Bonchev–Trinajstić information content (AvgIpc) is 2.74. The van der Waals surface area contributed by atoms with Crippen LogP contribution in [0.3, 0.4) is 0 Å². The van der Waals surface area contributed by atoms with Crippen molar-refractivity contribution < 1.29 is 14.3 Å². The molecule has 1 aliphatic rings. The number of rotatable bonds is 4. The van der Waals surface area contributed by atoms with Crippen molar-refractivity contribution >= 4 is 17.4 Å². The first-order valence-corrected chi connectivity index (χ1v) is 9.34. The molecule has 3 aromatic rings. The second-order valence-corrected chi connectivity index (χ2v) is 6.83. The Bertz CT molecular complexity index is 959. The Morgan fingerprint density at radius 3 is 2.07 bits per heavy atom. The number of hydrogen-bond donors (Lipinski definition) is 0. The number of carbonyl (C=O) groups is 2. The monoisotopic (exact) mass is 371 g/mol. The van der Waals surface area contributed by atoms with Gasteiger partial charge in [-0.1, -0.05) is 60.7 Å². The van der Waals surface area contributed by atoms with Gasteiger partial charge in [0, 0.05) is 5.56 Å². The number of hydrogen-bond acceptors (Lipinski definition) is 3. The summed E-state index contributed by atoms with van der Waals surface area (Å²) in [6, 6.07) is 24.8. The van der Waals surface area contributed by atoms with Gasteiger partial charge in [-0.3, -0.25) is 9.59 Å². The molecule has 1 heterocycles. The van der Waals surface area contributed by atoms with E-state index in [1.807, 2.05) is 60.7 Å². The van der Waals surface area contributed by atoms with Crippen molar-refractivity contribution in [2.24, 2.45) is 0 Å². The molecular weight excluding hydrogens is 350 g/mol. The minimum absolute atomic E-state index is 0.0253. The normalized spacial score (nSPS) is 13.0. The highest BCUT2D eigenvalue weighted by molar-refractivity contribution is 6.03. The van der Waals surface area contributed by atoms with Crippen molar-refractivity contribution in [1.82, 2.24) is 0 Å². The highest BCUT2D eigenvalue weighted by atomic mass is 16.5. The highest BCUT2D eigenvalue weighted by Crippen LogP contribution is 2.36. The van der Waals surface area contributed by atoms with Crippen molar-refractivity contribution in [3.05, 3.63) is 95.6 Å². The molecule has 0 aliphatic carbocycles. The van der Waals surface area contributed by atoms with Gasteiger partial charge in [-0.25, -0.2) is 0 Å². The molecule has 1 aliphatic heterocycles. The molecule has 3 aromatic carbocycles. The van der Waals surface area contributed by atoms with Gasteiger partial charge >= 0.3 is 0 Å². The van der Waals surface area contributed by atoms with E-state index in [9.17, 15) is 9.59 Å². The smallest absolute Gasteiger partial charge is 0.239 e. The zero-order valence-corrected chi connectivity index (χ0v) is 15.7. The lowest BCUT2D eigenvalue weighted by Gasteiger charge is -2.33. The van der Waals surface area contributed by atoms with Gasteiger partial charge in [0.2, 0.25) is 5.91 Å². The number of anilines is 1. The van der Waals surface area contributed by atoms with Gasteiger partial charge in [-0.2, -0.15) is 0 Å². The van der Waals surface area contributed by atoms with Gasteiger partial charge in [-0.05, 0) is 36.2 Å². The quantitative estimate of drug-likeness (QED) is 0.637. The van der Waals surface area contributed by atoms with E-state index >= 15 is 0 Å². The molecule has 0 saturated heterocycles. The van der Waals surface area contributed by atoms with Gasteiger partial charge in [0.15, 0.2) is 5.78 Å². The van der Waals surface area contributed by atoms with E-state index in [2.05, 4.69) is 0 Å². The number of nitrogens with zero attached hydrogens (tertiary/aromatic N) is 1. The van der Waals surface area contributed by atoms with E-state index in [1.54, 1.807) is 23.1 Å². The Morgan fingerprint density at radius 1 is 0.893 bits per heavy atom. The first-order valence-electron chi connectivity index (χ1n) is 9.34. The number of ketones is 1. The van der Waals surface area contributed by atoms with Crippen molar-refractivity contribution in [3.63, 3.8) is 0 Å². The topological polar surface area (TPSA) is 46.6 Å². The lowest BCUT2D eigenvalue weighted by Crippen LogP contribution is -2.41. The fourth-order valence-electron chi connectivity index (χ4n) is 3.59. The maximum Gasteiger partial charge on any atom is 0.239 e. The van der Waals surface area contributed by atoms with Gasteiger partial charge in [0.25, 0.3) is 0 Å². The number of benzene rings is 3. The van der Waals surface area contributed by atoms with Crippen molar-refractivity contribution in [2.45, 2.75) is 12.8 Å². The fourth-order valence-corrected chi connectivity index (χ4v) is 3.59. The fraction of sp³-hybridized carbons (Fsp3) is 0.167. The Morgan fingerprint density at radius 2 is 1.50 bits per heavy atom. The van der Waals surface area contributed by atoms with Crippen LogP contribution in [0.15, 0.2) is 78.9 Å². The minimum Gasteiger partial charge on any atom is -0.490 e. The minimum atomic E-state index is -0.422. The lowest BCUT2D eigenvalue weighted by atomic mass is 9.89. The number of amides is 1. The van der Waals surface area contributed by atoms with Gasteiger partial charge in [0.1, 0.15) is 12.4 Å². The average molecular weight is 371 g/mol. The molecule has 4 heteroatoms. The van der Waals surface area contributed by atoms with Crippen LogP contribution in [0.2, 0.25) is 0 Å². The third kappa shape index (κ3) is 3.41. The summed E-state index contributed by atoms with van der Waals surface area (Å²) in [7, 11) is 0. The Balaban J connectivity index is 1.79. The maximum absolute atomic E-state index is 13.7. The molecule has 4 rings (SSSR count). The summed E-state index contributed by atoms with van der Waals surface area (Å²) in [5.74, 6) is 0.143. The summed E-state index contributed by atoms with van der Waals surface area (Å²) in [5.41, 5.74) is 3.10. The van der Waals surface area contributed by atoms with Crippen LogP contribution in [0.1, 0.15) is 34.3 Å². The molecule has 0 atom stereocenters.